The highest BCUT2D eigenvalue weighted by Crippen LogP contribution is 2.38. The Morgan fingerprint density at radius 2 is 1.81 bits per heavy atom. The van der Waals surface area contributed by atoms with E-state index in [1.165, 1.54) is 11.1 Å². The zero-order valence-corrected chi connectivity index (χ0v) is 17.3. The molecule has 1 aliphatic rings. The minimum atomic E-state index is -0.718. The van der Waals surface area contributed by atoms with Crippen molar-refractivity contribution in [3.63, 3.8) is 0 Å². The lowest BCUT2D eigenvalue weighted by atomic mass is 9.92. The van der Waals surface area contributed by atoms with Crippen molar-refractivity contribution in [2.24, 2.45) is 5.92 Å². The number of hydrogen-bond acceptors (Lipinski definition) is 3. The lowest BCUT2D eigenvalue weighted by Gasteiger charge is -2.16. The SMILES string of the molecule is CCCCC[C@H](O)C=C[C@@H]1C(CCCCCCC(=O)O)=C(CCC)C[C@H]1O. The van der Waals surface area contributed by atoms with Gasteiger partial charge in [-0.1, -0.05) is 75.7 Å². The third kappa shape index (κ3) is 9.57. The van der Waals surface area contributed by atoms with E-state index in [-0.39, 0.29) is 18.4 Å². The summed E-state index contributed by atoms with van der Waals surface area (Å²) >= 11 is 0. The molecule has 3 atom stereocenters. The summed E-state index contributed by atoms with van der Waals surface area (Å²) < 4.78 is 0. The van der Waals surface area contributed by atoms with Gasteiger partial charge in [-0.15, -0.1) is 0 Å². The van der Waals surface area contributed by atoms with E-state index >= 15 is 0 Å². The number of aliphatic hydroxyl groups excluding tert-OH is 2. The molecule has 156 valence electrons. The van der Waals surface area contributed by atoms with E-state index in [0.717, 1.165) is 77.0 Å². The number of carboxylic acids is 1. The summed E-state index contributed by atoms with van der Waals surface area (Å²) in [4.78, 5) is 10.6. The highest BCUT2D eigenvalue weighted by atomic mass is 16.4. The highest BCUT2D eigenvalue weighted by molar-refractivity contribution is 5.66. The molecule has 0 amide bonds. The van der Waals surface area contributed by atoms with E-state index in [1.54, 1.807) is 0 Å². The predicted molar refractivity (Wildman–Crippen MR) is 111 cm³/mol. The quantitative estimate of drug-likeness (QED) is 0.263. The number of unbranched alkanes of at least 4 members (excludes halogenated alkanes) is 5. The maximum absolute atomic E-state index is 10.6. The fourth-order valence-corrected chi connectivity index (χ4v) is 4.02. The van der Waals surface area contributed by atoms with Crippen LogP contribution in [0.5, 0.6) is 0 Å². The second-order valence-electron chi connectivity index (χ2n) is 7.93. The predicted octanol–water partition coefficient (Wildman–Crippen LogP) is 5.39. The summed E-state index contributed by atoms with van der Waals surface area (Å²) in [6.45, 7) is 4.33. The van der Waals surface area contributed by atoms with Gasteiger partial charge < -0.3 is 15.3 Å². The van der Waals surface area contributed by atoms with Crippen LogP contribution in [0.2, 0.25) is 0 Å². The Bertz CT molecular complexity index is 481. The molecule has 0 saturated carbocycles. The largest absolute Gasteiger partial charge is 0.481 e. The van der Waals surface area contributed by atoms with E-state index in [1.807, 2.05) is 12.2 Å². The number of aliphatic hydroxyl groups is 2. The molecule has 0 aromatic rings. The van der Waals surface area contributed by atoms with Gasteiger partial charge in [0.15, 0.2) is 0 Å². The maximum Gasteiger partial charge on any atom is 0.303 e. The van der Waals surface area contributed by atoms with Crippen LogP contribution in [0.15, 0.2) is 23.3 Å². The molecule has 0 unspecified atom stereocenters. The van der Waals surface area contributed by atoms with Crippen LogP contribution in [0, 0.1) is 5.92 Å². The van der Waals surface area contributed by atoms with Crippen LogP contribution >= 0.6 is 0 Å². The van der Waals surface area contributed by atoms with Gasteiger partial charge in [0.25, 0.3) is 0 Å². The van der Waals surface area contributed by atoms with Gasteiger partial charge in [-0.2, -0.15) is 0 Å². The first kappa shape index (κ1) is 23.9. The Labute approximate surface area is 165 Å². The minimum absolute atomic E-state index is 0.0337. The summed E-state index contributed by atoms with van der Waals surface area (Å²) in [5.74, 6) is -0.684. The van der Waals surface area contributed by atoms with Crippen molar-refractivity contribution in [3.8, 4) is 0 Å². The first-order chi connectivity index (χ1) is 13.0. The second kappa shape index (κ2) is 14.0. The molecule has 4 heteroatoms. The van der Waals surface area contributed by atoms with Crippen LogP contribution in [0.4, 0.5) is 0 Å². The molecular weight excluding hydrogens is 340 g/mol. The molecule has 0 aromatic heterocycles. The third-order valence-electron chi connectivity index (χ3n) is 5.51. The van der Waals surface area contributed by atoms with Crippen molar-refractivity contribution in [1.29, 1.82) is 0 Å². The van der Waals surface area contributed by atoms with E-state index < -0.39 is 12.1 Å². The number of carboxylic acid groups (broad SMARTS) is 1. The van der Waals surface area contributed by atoms with Gasteiger partial charge in [-0.05, 0) is 38.5 Å². The third-order valence-corrected chi connectivity index (χ3v) is 5.51. The maximum atomic E-state index is 10.6. The van der Waals surface area contributed by atoms with Crippen molar-refractivity contribution in [3.05, 3.63) is 23.3 Å². The molecular formula is C23H40O4. The Kier molecular flexibility index (Phi) is 12.4. The van der Waals surface area contributed by atoms with Crippen molar-refractivity contribution >= 4 is 5.97 Å². The van der Waals surface area contributed by atoms with E-state index in [0.29, 0.717) is 0 Å². The van der Waals surface area contributed by atoms with Crippen LogP contribution in [0.25, 0.3) is 0 Å². The molecule has 0 fully saturated rings. The fraction of sp³-hybridized carbons (Fsp3) is 0.783. The average molecular weight is 381 g/mol. The molecule has 4 nitrogen and oxygen atoms in total. The van der Waals surface area contributed by atoms with Crippen molar-refractivity contribution in [1.82, 2.24) is 0 Å². The Hall–Kier alpha value is -1.13. The number of aliphatic carboxylic acids is 1. The zero-order valence-electron chi connectivity index (χ0n) is 17.3. The van der Waals surface area contributed by atoms with Crippen LogP contribution in [-0.4, -0.2) is 33.5 Å². The Morgan fingerprint density at radius 1 is 1.07 bits per heavy atom. The molecule has 0 saturated heterocycles. The van der Waals surface area contributed by atoms with Gasteiger partial charge in [-0.3, -0.25) is 4.79 Å². The van der Waals surface area contributed by atoms with Crippen LogP contribution in [0.3, 0.4) is 0 Å². The van der Waals surface area contributed by atoms with Crippen molar-refractivity contribution in [2.75, 3.05) is 0 Å². The normalized spacial score (nSPS) is 21.3. The monoisotopic (exact) mass is 380 g/mol. The van der Waals surface area contributed by atoms with Gasteiger partial charge >= 0.3 is 5.97 Å². The molecule has 0 spiro atoms. The zero-order chi connectivity index (χ0) is 20.1. The molecule has 0 aliphatic heterocycles. The molecule has 3 N–H and O–H groups in total. The van der Waals surface area contributed by atoms with Crippen LogP contribution < -0.4 is 0 Å². The molecule has 1 aliphatic carbocycles. The second-order valence-corrected chi connectivity index (χ2v) is 7.93. The number of carbonyl (C=O) groups is 1. The average Bonchev–Trinajstić information content (AvgIpc) is 2.91. The van der Waals surface area contributed by atoms with E-state index in [4.69, 9.17) is 5.11 Å². The first-order valence-corrected chi connectivity index (χ1v) is 11.0. The first-order valence-electron chi connectivity index (χ1n) is 11.0. The number of rotatable bonds is 15. The molecule has 0 heterocycles. The van der Waals surface area contributed by atoms with Crippen molar-refractivity contribution < 1.29 is 20.1 Å². The summed E-state index contributed by atoms with van der Waals surface area (Å²) in [6.07, 6.45) is 15.1. The molecule has 0 aromatic carbocycles. The summed E-state index contributed by atoms with van der Waals surface area (Å²) in [5.41, 5.74) is 2.75. The molecule has 27 heavy (non-hydrogen) atoms. The van der Waals surface area contributed by atoms with Crippen LogP contribution in [-0.2, 0) is 4.79 Å². The fourth-order valence-electron chi connectivity index (χ4n) is 4.02. The smallest absolute Gasteiger partial charge is 0.303 e. The standard InChI is InChI=1S/C23H40O4/c1-3-5-8-12-19(24)15-16-21-20(18(11-4-2)17-22(21)25)13-9-6-7-10-14-23(26)27/h15-16,19,21-22,24-25H,3-14,17H2,1-2H3,(H,26,27)/t19-,21+,22+/m0/s1. The van der Waals surface area contributed by atoms with Gasteiger partial charge in [0, 0.05) is 12.3 Å². The lowest BCUT2D eigenvalue weighted by Crippen LogP contribution is -2.15. The lowest BCUT2D eigenvalue weighted by molar-refractivity contribution is -0.137. The van der Waals surface area contributed by atoms with Gasteiger partial charge in [0.2, 0.25) is 0 Å². The number of hydrogen-bond donors (Lipinski definition) is 3. The van der Waals surface area contributed by atoms with Crippen LogP contribution in [0.1, 0.15) is 97.3 Å². The topological polar surface area (TPSA) is 77.8 Å². The van der Waals surface area contributed by atoms with E-state index in [2.05, 4.69) is 13.8 Å². The Balaban J connectivity index is 2.58. The van der Waals surface area contributed by atoms with Gasteiger partial charge in [-0.25, -0.2) is 0 Å². The van der Waals surface area contributed by atoms with Gasteiger partial charge in [0.05, 0.1) is 12.2 Å². The summed E-state index contributed by atoms with van der Waals surface area (Å²) in [7, 11) is 0. The Morgan fingerprint density at radius 3 is 2.48 bits per heavy atom. The van der Waals surface area contributed by atoms with E-state index in [9.17, 15) is 15.0 Å². The molecule has 1 rings (SSSR count). The summed E-state index contributed by atoms with van der Waals surface area (Å²) in [6, 6.07) is 0. The molecule has 0 radical (unpaired) electrons. The highest BCUT2D eigenvalue weighted by Gasteiger charge is 2.30. The van der Waals surface area contributed by atoms with Crippen molar-refractivity contribution in [2.45, 2.75) is 110 Å². The van der Waals surface area contributed by atoms with Gasteiger partial charge in [0.1, 0.15) is 0 Å². The summed E-state index contributed by atoms with van der Waals surface area (Å²) in [5, 5.41) is 29.4. The molecule has 0 bridgehead atoms. The minimum Gasteiger partial charge on any atom is -0.481 e.